The fraction of sp³-hybridized carbons (Fsp3) is 0.348. The Morgan fingerprint density at radius 3 is 2.63 bits per heavy atom. The van der Waals surface area contributed by atoms with E-state index in [1.54, 1.807) is 13.3 Å². The Morgan fingerprint density at radius 2 is 1.97 bits per heavy atom. The quantitative estimate of drug-likeness (QED) is 0.549. The zero-order chi connectivity index (χ0) is 21.7. The Hall–Kier alpha value is -2.80. The second-order valence-electron chi connectivity index (χ2n) is 8.10. The first kappa shape index (κ1) is 21.9. The molecule has 6 nitrogen and oxygen atoms in total. The number of ether oxygens (including phenoxy) is 2. The third-order valence-electron chi connectivity index (χ3n) is 4.57. The number of hydrogen-bond acceptors (Lipinski definition) is 6. The van der Waals surface area contributed by atoms with E-state index in [0.717, 1.165) is 33.8 Å². The number of rotatable bonds is 6. The first-order valence-corrected chi connectivity index (χ1v) is 10.7. The van der Waals surface area contributed by atoms with Gasteiger partial charge in [0.15, 0.2) is 5.17 Å². The van der Waals surface area contributed by atoms with E-state index in [9.17, 15) is 4.79 Å². The Balaban J connectivity index is 1.78. The van der Waals surface area contributed by atoms with Gasteiger partial charge in [0.05, 0.1) is 19.1 Å². The van der Waals surface area contributed by atoms with Crippen molar-refractivity contribution in [3.8, 4) is 11.5 Å². The maximum atomic E-state index is 11.2. The first-order valence-electron chi connectivity index (χ1n) is 9.71. The lowest BCUT2D eigenvalue weighted by Gasteiger charge is -2.23. The lowest BCUT2D eigenvalue weighted by Crippen LogP contribution is -2.19. The van der Waals surface area contributed by atoms with Crippen molar-refractivity contribution in [2.45, 2.75) is 39.7 Å². The molecule has 2 aromatic carbocycles. The number of nitrogens with zero attached hydrogens (tertiary/aromatic N) is 2. The summed E-state index contributed by atoms with van der Waals surface area (Å²) in [6.07, 6.45) is 1.65. The van der Waals surface area contributed by atoms with Crippen LogP contribution < -0.4 is 14.8 Å². The second-order valence-corrected chi connectivity index (χ2v) is 9.06. The van der Waals surface area contributed by atoms with Gasteiger partial charge in [0, 0.05) is 5.56 Å². The molecule has 3 rings (SSSR count). The van der Waals surface area contributed by atoms with Gasteiger partial charge in [0.1, 0.15) is 18.1 Å². The van der Waals surface area contributed by atoms with E-state index >= 15 is 0 Å². The molecule has 2 aromatic rings. The standard InChI is InChI=1S/C23H27N3O3S/c1-15-6-8-18(23(2,3)4)20(10-15)29-13-17-11-16(7-9-19(17)28-5)12-24-26-22-25-21(27)14-30-22/h6-12H,13-14H2,1-5H3,(H,25,26,27). The lowest BCUT2D eigenvalue weighted by molar-refractivity contribution is -0.116. The Bertz CT molecular complexity index is 994. The fourth-order valence-corrected chi connectivity index (χ4v) is 3.67. The number of amidine groups is 1. The molecule has 0 aromatic heterocycles. The topological polar surface area (TPSA) is 72.3 Å². The second kappa shape index (κ2) is 9.34. The molecule has 1 aliphatic rings. The van der Waals surface area contributed by atoms with Crippen molar-refractivity contribution < 1.29 is 14.3 Å². The van der Waals surface area contributed by atoms with Crippen LogP contribution in [0.15, 0.2) is 46.6 Å². The summed E-state index contributed by atoms with van der Waals surface area (Å²) in [6, 6.07) is 12.1. The monoisotopic (exact) mass is 425 g/mol. The summed E-state index contributed by atoms with van der Waals surface area (Å²) in [4.78, 5) is 11.2. The Kier molecular flexibility index (Phi) is 6.82. The van der Waals surface area contributed by atoms with Gasteiger partial charge < -0.3 is 14.8 Å². The highest BCUT2D eigenvalue weighted by molar-refractivity contribution is 8.15. The van der Waals surface area contributed by atoms with Crippen molar-refractivity contribution >= 4 is 29.1 Å². The summed E-state index contributed by atoms with van der Waals surface area (Å²) < 4.78 is 11.7. The summed E-state index contributed by atoms with van der Waals surface area (Å²) in [6.45, 7) is 8.96. The van der Waals surface area contributed by atoms with Crippen molar-refractivity contribution in [1.29, 1.82) is 0 Å². The minimum Gasteiger partial charge on any atom is -0.496 e. The van der Waals surface area contributed by atoms with Crippen LogP contribution >= 0.6 is 11.8 Å². The van der Waals surface area contributed by atoms with Gasteiger partial charge in [0.2, 0.25) is 5.91 Å². The van der Waals surface area contributed by atoms with E-state index in [1.807, 2.05) is 18.2 Å². The fourth-order valence-electron chi connectivity index (χ4n) is 3.04. The molecular weight excluding hydrogens is 398 g/mol. The molecule has 7 heteroatoms. The number of amides is 1. The predicted molar refractivity (Wildman–Crippen MR) is 123 cm³/mol. The smallest absolute Gasteiger partial charge is 0.236 e. The normalized spacial score (nSPS) is 15.6. The van der Waals surface area contributed by atoms with Crippen molar-refractivity contribution in [3.63, 3.8) is 0 Å². The molecule has 1 saturated heterocycles. The van der Waals surface area contributed by atoms with Gasteiger partial charge in [-0.15, -0.1) is 5.10 Å². The molecule has 1 heterocycles. The van der Waals surface area contributed by atoms with E-state index in [0.29, 0.717) is 17.5 Å². The predicted octanol–water partition coefficient (Wildman–Crippen LogP) is 4.43. The van der Waals surface area contributed by atoms with Crippen LogP contribution in [0.4, 0.5) is 0 Å². The molecule has 0 saturated carbocycles. The number of carbonyl (C=O) groups is 1. The first-order chi connectivity index (χ1) is 14.3. The zero-order valence-electron chi connectivity index (χ0n) is 18.0. The SMILES string of the molecule is COc1ccc(C=NN=C2NC(=O)CS2)cc1COc1cc(C)ccc1C(C)(C)C. The van der Waals surface area contributed by atoms with Crippen LogP contribution in [-0.2, 0) is 16.8 Å². The summed E-state index contributed by atoms with van der Waals surface area (Å²) in [5, 5.41) is 11.3. The highest BCUT2D eigenvalue weighted by Gasteiger charge is 2.19. The van der Waals surface area contributed by atoms with Crippen LogP contribution in [0.1, 0.15) is 43.0 Å². The number of methoxy groups -OCH3 is 1. The number of hydrogen-bond donors (Lipinski definition) is 1. The van der Waals surface area contributed by atoms with Gasteiger partial charge in [-0.05, 0) is 53.3 Å². The van der Waals surface area contributed by atoms with Crippen molar-refractivity contribution in [2.24, 2.45) is 10.2 Å². The Labute approximate surface area is 181 Å². The van der Waals surface area contributed by atoms with Crippen LogP contribution in [0.3, 0.4) is 0 Å². The largest absolute Gasteiger partial charge is 0.496 e. The maximum Gasteiger partial charge on any atom is 0.236 e. The summed E-state index contributed by atoms with van der Waals surface area (Å²) in [5.41, 5.74) is 4.08. The third kappa shape index (κ3) is 5.63. The molecule has 158 valence electrons. The molecule has 30 heavy (non-hydrogen) atoms. The minimum absolute atomic E-state index is 0.0194. The molecular formula is C23H27N3O3S. The van der Waals surface area contributed by atoms with E-state index in [2.05, 4.69) is 61.4 Å². The average molecular weight is 426 g/mol. The highest BCUT2D eigenvalue weighted by atomic mass is 32.2. The molecule has 0 spiro atoms. The van der Waals surface area contributed by atoms with Gasteiger partial charge in [-0.3, -0.25) is 4.79 Å². The molecule has 1 N–H and O–H groups in total. The van der Waals surface area contributed by atoms with Gasteiger partial charge in [0.25, 0.3) is 0 Å². The number of aryl methyl sites for hydroxylation is 1. The number of thioether (sulfide) groups is 1. The number of carbonyl (C=O) groups excluding carboxylic acids is 1. The molecule has 1 fully saturated rings. The number of nitrogens with one attached hydrogen (secondary N) is 1. The van der Waals surface area contributed by atoms with E-state index in [4.69, 9.17) is 9.47 Å². The molecule has 1 amide bonds. The van der Waals surface area contributed by atoms with E-state index < -0.39 is 0 Å². The molecule has 1 aliphatic heterocycles. The third-order valence-corrected chi connectivity index (χ3v) is 5.44. The van der Waals surface area contributed by atoms with Crippen LogP contribution in [0.25, 0.3) is 0 Å². The van der Waals surface area contributed by atoms with Crippen molar-refractivity contribution in [2.75, 3.05) is 12.9 Å². The maximum absolute atomic E-state index is 11.2. The van der Waals surface area contributed by atoms with Gasteiger partial charge in [-0.1, -0.05) is 44.7 Å². The number of benzene rings is 2. The minimum atomic E-state index is -0.0522. The molecule has 0 atom stereocenters. The van der Waals surface area contributed by atoms with Crippen LogP contribution in [0.2, 0.25) is 0 Å². The van der Waals surface area contributed by atoms with Gasteiger partial charge in [-0.2, -0.15) is 5.10 Å². The van der Waals surface area contributed by atoms with Crippen LogP contribution in [-0.4, -0.2) is 30.2 Å². The Morgan fingerprint density at radius 1 is 1.17 bits per heavy atom. The molecule has 0 bridgehead atoms. The average Bonchev–Trinajstić information content (AvgIpc) is 3.10. The van der Waals surface area contributed by atoms with E-state index in [1.165, 1.54) is 11.8 Å². The highest BCUT2D eigenvalue weighted by Crippen LogP contribution is 2.33. The van der Waals surface area contributed by atoms with E-state index in [-0.39, 0.29) is 11.3 Å². The van der Waals surface area contributed by atoms with Gasteiger partial charge in [-0.25, -0.2) is 0 Å². The summed E-state index contributed by atoms with van der Waals surface area (Å²) in [5.74, 6) is 1.96. The molecule has 0 aliphatic carbocycles. The van der Waals surface area contributed by atoms with Crippen LogP contribution in [0.5, 0.6) is 11.5 Å². The lowest BCUT2D eigenvalue weighted by atomic mass is 9.86. The van der Waals surface area contributed by atoms with Crippen molar-refractivity contribution in [3.05, 3.63) is 58.7 Å². The molecule has 0 unspecified atom stereocenters. The molecule has 0 radical (unpaired) electrons. The summed E-state index contributed by atoms with van der Waals surface area (Å²) in [7, 11) is 1.64. The zero-order valence-corrected chi connectivity index (χ0v) is 18.8. The summed E-state index contributed by atoms with van der Waals surface area (Å²) >= 11 is 1.34. The van der Waals surface area contributed by atoms with Gasteiger partial charge >= 0.3 is 0 Å². The van der Waals surface area contributed by atoms with Crippen LogP contribution in [0, 0.1) is 6.92 Å². The van der Waals surface area contributed by atoms with Crippen molar-refractivity contribution in [1.82, 2.24) is 5.32 Å².